The van der Waals surface area contributed by atoms with Crippen LogP contribution < -0.4 is 10.1 Å². The van der Waals surface area contributed by atoms with E-state index in [4.69, 9.17) is 4.74 Å². The summed E-state index contributed by atoms with van der Waals surface area (Å²) in [5.41, 5.74) is 1.49. The normalized spacial score (nSPS) is 23.5. The van der Waals surface area contributed by atoms with Crippen LogP contribution in [0.3, 0.4) is 0 Å². The first-order valence-corrected chi connectivity index (χ1v) is 12.4. The van der Waals surface area contributed by atoms with E-state index in [-0.39, 0.29) is 29.0 Å². The Bertz CT molecular complexity index is 1040. The number of benzene rings is 2. The fraction of sp³-hybridized carbons (Fsp3) is 0.500. The van der Waals surface area contributed by atoms with Gasteiger partial charge >= 0.3 is 0 Å². The number of rotatable bonds is 4. The third-order valence-corrected chi connectivity index (χ3v) is 8.58. The Hall–Kier alpha value is -2.89. The predicted octanol–water partition coefficient (Wildman–Crippen LogP) is 4.56. The summed E-state index contributed by atoms with van der Waals surface area (Å²) in [7, 11) is 1.65. The van der Waals surface area contributed by atoms with Crippen molar-refractivity contribution in [1.82, 2.24) is 10.2 Å². The van der Waals surface area contributed by atoms with Gasteiger partial charge in [0.25, 0.3) is 0 Å². The summed E-state index contributed by atoms with van der Waals surface area (Å²) in [6, 6.07) is 14.7. The van der Waals surface area contributed by atoms with E-state index in [1.165, 1.54) is 12.1 Å². The van der Waals surface area contributed by atoms with E-state index in [0.29, 0.717) is 26.1 Å². The summed E-state index contributed by atoms with van der Waals surface area (Å²) >= 11 is 0. The molecule has 0 unspecified atom stereocenters. The first kappa shape index (κ1) is 22.9. The molecule has 2 aromatic carbocycles. The number of nitrogens with zero attached hydrogens (tertiary/aromatic N) is 1. The van der Waals surface area contributed by atoms with Gasteiger partial charge in [-0.05, 0) is 66.5 Å². The maximum Gasteiger partial charge on any atom is 0.233 e. The Morgan fingerprint density at radius 3 is 2.26 bits per heavy atom. The van der Waals surface area contributed by atoms with Crippen LogP contribution in [0.5, 0.6) is 5.75 Å². The highest BCUT2D eigenvalue weighted by molar-refractivity contribution is 5.89. The molecule has 1 spiro atoms. The molecule has 2 saturated heterocycles. The zero-order valence-corrected chi connectivity index (χ0v) is 19.8. The molecule has 5 nitrogen and oxygen atoms in total. The topological polar surface area (TPSA) is 58.6 Å². The van der Waals surface area contributed by atoms with E-state index in [9.17, 15) is 14.0 Å². The van der Waals surface area contributed by atoms with E-state index in [2.05, 4.69) is 5.32 Å². The molecule has 2 heterocycles. The molecule has 1 saturated carbocycles. The molecular weight excluding hydrogens is 431 g/mol. The Labute approximate surface area is 200 Å². The van der Waals surface area contributed by atoms with Gasteiger partial charge in [-0.3, -0.25) is 9.59 Å². The monoisotopic (exact) mass is 464 g/mol. The van der Waals surface area contributed by atoms with E-state index >= 15 is 0 Å². The van der Waals surface area contributed by atoms with Gasteiger partial charge in [-0.15, -0.1) is 0 Å². The molecule has 2 amide bonds. The van der Waals surface area contributed by atoms with Gasteiger partial charge in [0, 0.05) is 32.0 Å². The van der Waals surface area contributed by atoms with Gasteiger partial charge in [0.05, 0.1) is 12.5 Å². The summed E-state index contributed by atoms with van der Waals surface area (Å²) < 4.78 is 18.9. The SMILES string of the molecule is COc1ccc(C2(C(=O)N3CCC4(CC3)CC(=O)NC[C@@H]4c3ccc(F)cc3)CCCC2)cc1. The highest BCUT2D eigenvalue weighted by atomic mass is 19.1. The van der Waals surface area contributed by atoms with Gasteiger partial charge in [0.2, 0.25) is 11.8 Å². The lowest BCUT2D eigenvalue weighted by Crippen LogP contribution is -2.55. The van der Waals surface area contributed by atoms with Crippen molar-refractivity contribution < 1.29 is 18.7 Å². The highest BCUT2D eigenvalue weighted by Gasteiger charge is 2.50. The summed E-state index contributed by atoms with van der Waals surface area (Å²) in [6.07, 6.45) is 5.89. The largest absolute Gasteiger partial charge is 0.497 e. The molecule has 5 rings (SSSR count). The van der Waals surface area contributed by atoms with Crippen LogP contribution in [0.25, 0.3) is 0 Å². The molecule has 1 aliphatic carbocycles. The minimum atomic E-state index is -0.461. The van der Waals surface area contributed by atoms with Crippen molar-refractivity contribution >= 4 is 11.8 Å². The Kier molecular flexibility index (Phi) is 6.09. The molecule has 180 valence electrons. The molecule has 2 aliphatic heterocycles. The number of hydrogen-bond donors (Lipinski definition) is 1. The van der Waals surface area contributed by atoms with Crippen molar-refractivity contribution in [3.8, 4) is 5.75 Å². The van der Waals surface area contributed by atoms with Gasteiger partial charge in [0.15, 0.2) is 0 Å². The van der Waals surface area contributed by atoms with Crippen LogP contribution in [0.1, 0.15) is 62.0 Å². The second-order valence-corrected chi connectivity index (χ2v) is 10.3. The smallest absolute Gasteiger partial charge is 0.233 e. The molecule has 2 aromatic rings. The van der Waals surface area contributed by atoms with E-state index in [1.54, 1.807) is 7.11 Å². The molecule has 3 fully saturated rings. The second kappa shape index (κ2) is 9.05. The Morgan fingerprint density at radius 1 is 1.00 bits per heavy atom. The lowest BCUT2D eigenvalue weighted by Gasteiger charge is -2.50. The first-order chi connectivity index (χ1) is 16.5. The number of methoxy groups -OCH3 is 1. The van der Waals surface area contributed by atoms with Crippen LogP contribution >= 0.6 is 0 Å². The van der Waals surface area contributed by atoms with Crippen molar-refractivity contribution in [2.45, 2.75) is 56.3 Å². The fourth-order valence-electron chi connectivity index (χ4n) is 6.60. The van der Waals surface area contributed by atoms with E-state index in [1.807, 2.05) is 41.3 Å². The van der Waals surface area contributed by atoms with Crippen LogP contribution in [0, 0.1) is 11.2 Å². The van der Waals surface area contributed by atoms with Gasteiger partial charge in [-0.25, -0.2) is 4.39 Å². The molecular formula is C28H33FN2O3. The quantitative estimate of drug-likeness (QED) is 0.722. The number of piperidine rings is 2. The maximum absolute atomic E-state index is 14.0. The molecule has 6 heteroatoms. The standard InChI is InChI=1S/C28H33FN2O3/c1-34-23-10-6-21(7-11-23)28(12-2-3-13-28)26(33)31-16-14-27(15-17-31)18-25(32)30-19-24(27)20-4-8-22(29)9-5-20/h4-11,24H,2-3,12-19H2,1H3,(H,30,32)/t24-/m1/s1. The third kappa shape index (κ3) is 3.97. The third-order valence-electron chi connectivity index (χ3n) is 8.58. The van der Waals surface area contributed by atoms with Gasteiger partial charge < -0.3 is 15.0 Å². The predicted molar refractivity (Wildman–Crippen MR) is 128 cm³/mol. The lowest BCUT2D eigenvalue weighted by atomic mass is 9.62. The van der Waals surface area contributed by atoms with Crippen LogP contribution in [0.2, 0.25) is 0 Å². The number of halogens is 1. The van der Waals surface area contributed by atoms with Crippen LogP contribution in [-0.4, -0.2) is 43.5 Å². The molecule has 1 N–H and O–H groups in total. The van der Waals surface area contributed by atoms with Crippen molar-refractivity contribution in [2.75, 3.05) is 26.7 Å². The van der Waals surface area contributed by atoms with Crippen molar-refractivity contribution in [3.05, 3.63) is 65.5 Å². The number of carbonyl (C=O) groups excluding carboxylic acids is 2. The molecule has 0 bridgehead atoms. The van der Waals surface area contributed by atoms with Crippen molar-refractivity contribution in [3.63, 3.8) is 0 Å². The van der Waals surface area contributed by atoms with E-state index in [0.717, 1.165) is 55.4 Å². The molecule has 0 aromatic heterocycles. The Balaban J connectivity index is 1.36. The van der Waals surface area contributed by atoms with Crippen LogP contribution in [0.15, 0.2) is 48.5 Å². The summed E-state index contributed by atoms with van der Waals surface area (Å²) in [4.78, 5) is 28.4. The number of hydrogen-bond acceptors (Lipinski definition) is 3. The summed E-state index contributed by atoms with van der Waals surface area (Å²) in [6.45, 7) is 1.87. The van der Waals surface area contributed by atoms with Crippen LogP contribution in [-0.2, 0) is 15.0 Å². The molecule has 3 aliphatic rings. The molecule has 34 heavy (non-hydrogen) atoms. The van der Waals surface area contributed by atoms with Crippen molar-refractivity contribution in [2.24, 2.45) is 5.41 Å². The zero-order valence-electron chi connectivity index (χ0n) is 19.8. The summed E-state index contributed by atoms with van der Waals surface area (Å²) in [5.74, 6) is 0.974. The first-order valence-electron chi connectivity index (χ1n) is 12.4. The molecule has 0 radical (unpaired) electrons. The second-order valence-electron chi connectivity index (χ2n) is 10.3. The summed E-state index contributed by atoms with van der Waals surface area (Å²) in [5, 5.41) is 3.01. The number of ether oxygens (including phenoxy) is 1. The minimum absolute atomic E-state index is 0.0728. The number of nitrogens with one attached hydrogen (secondary N) is 1. The lowest BCUT2D eigenvalue weighted by molar-refractivity contribution is -0.141. The average molecular weight is 465 g/mol. The zero-order chi connectivity index (χ0) is 23.8. The number of likely N-dealkylation sites (tertiary alicyclic amines) is 1. The van der Waals surface area contributed by atoms with Gasteiger partial charge in [-0.2, -0.15) is 0 Å². The number of carbonyl (C=O) groups is 2. The average Bonchev–Trinajstić information content (AvgIpc) is 3.36. The van der Waals surface area contributed by atoms with Gasteiger partial charge in [-0.1, -0.05) is 37.1 Å². The highest BCUT2D eigenvalue weighted by Crippen LogP contribution is 2.50. The number of amides is 2. The maximum atomic E-state index is 14.0. The fourth-order valence-corrected chi connectivity index (χ4v) is 6.60. The van der Waals surface area contributed by atoms with E-state index < -0.39 is 5.41 Å². The minimum Gasteiger partial charge on any atom is -0.497 e. The van der Waals surface area contributed by atoms with Crippen molar-refractivity contribution in [1.29, 1.82) is 0 Å². The van der Waals surface area contributed by atoms with Crippen LogP contribution in [0.4, 0.5) is 4.39 Å². The Morgan fingerprint density at radius 2 is 1.65 bits per heavy atom. The van der Waals surface area contributed by atoms with Gasteiger partial charge in [0.1, 0.15) is 11.6 Å². The molecule has 1 atom stereocenters.